The lowest BCUT2D eigenvalue weighted by molar-refractivity contribution is 0.476. The van der Waals surface area contributed by atoms with Gasteiger partial charge in [0.1, 0.15) is 5.75 Å². The summed E-state index contributed by atoms with van der Waals surface area (Å²) in [5, 5.41) is 0.874. The first-order chi connectivity index (χ1) is 11.6. The first-order valence-electron chi connectivity index (χ1n) is 9.11. The molecule has 0 spiro atoms. The van der Waals surface area contributed by atoms with Gasteiger partial charge in [0, 0.05) is 11.7 Å². The van der Waals surface area contributed by atoms with Gasteiger partial charge in [-0.2, -0.15) is 0 Å². The zero-order valence-corrected chi connectivity index (χ0v) is 16.8. The molecule has 3 heteroatoms. The van der Waals surface area contributed by atoms with E-state index in [-0.39, 0.29) is 0 Å². The van der Waals surface area contributed by atoms with E-state index in [4.69, 9.17) is 4.52 Å². The number of hydrogen-bond acceptors (Lipinski definition) is 2. The van der Waals surface area contributed by atoms with E-state index in [9.17, 15) is 4.57 Å². The SMILES string of the molecule is CC.CC.CCC(C)CP1(=O)Oc2ccccc2-c2ccccc21. The number of benzene rings is 2. The molecule has 1 aliphatic heterocycles. The first kappa shape index (κ1) is 20.5. The Morgan fingerprint density at radius 3 is 2.08 bits per heavy atom. The van der Waals surface area contributed by atoms with E-state index in [1.54, 1.807) is 0 Å². The van der Waals surface area contributed by atoms with Crippen LogP contribution in [-0.2, 0) is 4.57 Å². The van der Waals surface area contributed by atoms with Crippen molar-refractivity contribution in [2.75, 3.05) is 6.16 Å². The maximum absolute atomic E-state index is 13.4. The van der Waals surface area contributed by atoms with Crippen LogP contribution in [0.15, 0.2) is 48.5 Å². The average Bonchev–Trinajstić information content (AvgIpc) is 2.65. The summed E-state index contributed by atoms with van der Waals surface area (Å²) in [5.74, 6) is 1.14. The molecular weight excluding hydrogens is 315 g/mol. The number of para-hydroxylation sites is 1. The lowest BCUT2D eigenvalue weighted by Crippen LogP contribution is -2.21. The summed E-state index contributed by atoms with van der Waals surface area (Å²) in [6.45, 7) is 12.3. The van der Waals surface area contributed by atoms with Gasteiger partial charge in [-0.15, -0.1) is 0 Å². The van der Waals surface area contributed by atoms with Crippen LogP contribution in [0.5, 0.6) is 5.75 Å². The van der Waals surface area contributed by atoms with Crippen molar-refractivity contribution in [3.05, 3.63) is 48.5 Å². The summed E-state index contributed by atoms with van der Waals surface area (Å²) in [4.78, 5) is 0. The minimum atomic E-state index is -2.81. The van der Waals surface area contributed by atoms with Crippen molar-refractivity contribution >= 4 is 12.7 Å². The van der Waals surface area contributed by atoms with Gasteiger partial charge in [0.2, 0.25) is 0 Å². The molecule has 2 unspecified atom stereocenters. The maximum atomic E-state index is 13.4. The van der Waals surface area contributed by atoms with Crippen molar-refractivity contribution in [3.63, 3.8) is 0 Å². The molecule has 0 fully saturated rings. The Kier molecular flexibility index (Phi) is 8.28. The molecule has 0 saturated heterocycles. The highest BCUT2D eigenvalue weighted by Gasteiger charge is 2.36. The molecule has 1 heterocycles. The molecule has 24 heavy (non-hydrogen) atoms. The van der Waals surface area contributed by atoms with Crippen molar-refractivity contribution in [3.8, 4) is 16.9 Å². The third-order valence-electron chi connectivity index (χ3n) is 3.94. The Bertz CT molecular complexity index is 679. The Hall–Kier alpha value is -1.53. The lowest BCUT2D eigenvalue weighted by atomic mass is 10.0. The highest BCUT2D eigenvalue weighted by Crippen LogP contribution is 2.55. The molecule has 2 aromatic rings. The molecule has 0 aliphatic carbocycles. The Balaban J connectivity index is 0.000000671. The number of rotatable bonds is 3. The first-order valence-corrected chi connectivity index (χ1v) is 10.9. The number of fused-ring (bicyclic) bond motifs is 3. The van der Waals surface area contributed by atoms with Crippen molar-refractivity contribution < 1.29 is 9.09 Å². The minimum Gasteiger partial charge on any atom is -0.439 e. The summed E-state index contributed by atoms with van der Waals surface area (Å²) < 4.78 is 19.3. The maximum Gasteiger partial charge on any atom is 0.278 e. The molecule has 0 radical (unpaired) electrons. The minimum absolute atomic E-state index is 0.388. The van der Waals surface area contributed by atoms with E-state index < -0.39 is 7.37 Å². The summed E-state index contributed by atoms with van der Waals surface area (Å²) in [7, 11) is -2.81. The zero-order chi connectivity index (χ0) is 18.2. The summed E-state index contributed by atoms with van der Waals surface area (Å²) in [6, 6.07) is 15.8. The molecule has 132 valence electrons. The number of hydrogen-bond donors (Lipinski definition) is 0. The highest BCUT2D eigenvalue weighted by atomic mass is 31.2. The van der Waals surface area contributed by atoms with Crippen molar-refractivity contribution in [1.29, 1.82) is 0 Å². The van der Waals surface area contributed by atoms with Gasteiger partial charge in [-0.1, -0.05) is 84.4 Å². The van der Waals surface area contributed by atoms with Crippen LogP contribution >= 0.6 is 7.37 Å². The second-order valence-corrected chi connectivity index (χ2v) is 7.85. The predicted molar refractivity (Wildman–Crippen MR) is 107 cm³/mol. The predicted octanol–water partition coefficient (Wildman–Crippen LogP) is 6.75. The van der Waals surface area contributed by atoms with E-state index in [1.165, 1.54) is 0 Å². The topological polar surface area (TPSA) is 26.3 Å². The Morgan fingerprint density at radius 1 is 0.917 bits per heavy atom. The second kappa shape index (κ2) is 9.69. The summed E-state index contributed by atoms with van der Waals surface area (Å²) in [6.07, 6.45) is 1.62. The molecule has 2 nitrogen and oxygen atoms in total. The van der Waals surface area contributed by atoms with E-state index in [0.29, 0.717) is 12.1 Å². The standard InChI is InChI=1S/C17H19O2P.2C2H6/c1-3-13(2)12-20(18)17-11-7-5-9-15(17)14-8-4-6-10-16(14)19-20;2*1-2/h4-11,13H,3,12H2,1-2H3;2*1-2H3. The van der Waals surface area contributed by atoms with E-state index in [0.717, 1.165) is 28.6 Å². The monoisotopic (exact) mass is 346 g/mol. The van der Waals surface area contributed by atoms with Gasteiger partial charge in [-0.25, -0.2) is 0 Å². The van der Waals surface area contributed by atoms with Gasteiger partial charge in [-0.3, -0.25) is 4.57 Å². The smallest absolute Gasteiger partial charge is 0.278 e. The third kappa shape index (κ3) is 4.30. The molecule has 0 amide bonds. The van der Waals surface area contributed by atoms with E-state index in [1.807, 2.05) is 76.2 Å². The molecule has 0 saturated carbocycles. The van der Waals surface area contributed by atoms with Gasteiger partial charge < -0.3 is 4.52 Å². The molecule has 2 atom stereocenters. The molecule has 0 N–H and O–H groups in total. The van der Waals surface area contributed by atoms with Crippen molar-refractivity contribution in [1.82, 2.24) is 0 Å². The van der Waals surface area contributed by atoms with Gasteiger partial charge >= 0.3 is 0 Å². The van der Waals surface area contributed by atoms with Crippen LogP contribution in [-0.4, -0.2) is 6.16 Å². The molecule has 3 rings (SSSR count). The zero-order valence-electron chi connectivity index (χ0n) is 15.9. The van der Waals surface area contributed by atoms with Crippen LogP contribution in [0.2, 0.25) is 0 Å². The van der Waals surface area contributed by atoms with Gasteiger partial charge in [0.25, 0.3) is 7.37 Å². The largest absolute Gasteiger partial charge is 0.439 e. The van der Waals surface area contributed by atoms with E-state index >= 15 is 0 Å². The lowest BCUT2D eigenvalue weighted by Gasteiger charge is -2.30. The summed E-state index contributed by atoms with van der Waals surface area (Å²) >= 11 is 0. The van der Waals surface area contributed by atoms with Gasteiger partial charge in [-0.05, 0) is 23.6 Å². The van der Waals surface area contributed by atoms with Crippen LogP contribution in [0, 0.1) is 5.92 Å². The molecule has 2 aromatic carbocycles. The van der Waals surface area contributed by atoms with Gasteiger partial charge in [0.15, 0.2) is 0 Å². The second-order valence-electron chi connectivity index (χ2n) is 5.47. The van der Waals surface area contributed by atoms with Gasteiger partial charge in [0.05, 0.1) is 5.30 Å². The quantitative estimate of drug-likeness (QED) is 0.575. The highest BCUT2D eigenvalue weighted by molar-refractivity contribution is 7.67. The normalized spacial score (nSPS) is 18.4. The molecular formula is C21H31O2P. The van der Waals surface area contributed by atoms with Crippen molar-refractivity contribution in [2.45, 2.75) is 48.0 Å². The van der Waals surface area contributed by atoms with Crippen LogP contribution in [0.4, 0.5) is 0 Å². The van der Waals surface area contributed by atoms with Crippen LogP contribution in [0.1, 0.15) is 48.0 Å². The Morgan fingerprint density at radius 2 is 1.46 bits per heavy atom. The fourth-order valence-electron chi connectivity index (χ4n) is 2.65. The van der Waals surface area contributed by atoms with Crippen LogP contribution in [0.25, 0.3) is 11.1 Å². The van der Waals surface area contributed by atoms with Crippen LogP contribution in [0.3, 0.4) is 0 Å². The van der Waals surface area contributed by atoms with Crippen LogP contribution < -0.4 is 9.83 Å². The third-order valence-corrected chi connectivity index (χ3v) is 6.66. The molecule has 1 aliphatic rings. The Labute approximate surface area is 147 Å². The van der Waals surface area contributed by atoms with Crippen molar-refractivity contribution in [2.24, 2.45) is 5.92 Å². The van der Waals surface area contributed by atoms with E-state index in [2.05, 4.69) is 13.8 Å². The summed E-state index contributed by atoms with van der Waals surface area (Å²) in [5.41, 5.74) is 2.10. The fraction of sp³-hybridized carbons (Fsp3) is 0.429. The average molecular weight is 346 g/mol. The molecule has 0 aromatic heterocycles. The molecule has 0 bridgehead atoms. The fourth-order valence-corrected chi connectivity index (χ4v) is 5.45.